The SMILES string of the molecule is Cc1oc(-c2ccccc2)nc1CCOc1ccc(C[C@@](C)(C(=O)O)n2cccc2)cc1. The number of carbonyl (C=O) groups is 1. The summed E-state index contributed by atoms with van der Waals surface area (Å²) < 4.78 is 13.4. The molecule has 4 aromatic rings. The molecule has 6 heteroatoms. The fourth-order valence-electron chi connectivity index (χ4n) is 3.67. The number of hydrogen-bond acceptors (Lipinski definition) is 4. The van der Waals surface area contributed by atoms with Crippen LogP contribution in [-0.2, 0) is 23.2 Å². The number of nitrogens with zero attached hydrogens (tertiary/aromatic N) is 2. The Morgan fingerprint density at radius 2 is 1.75 bits per heavy atom. The molecule has 0 aliphatic heterocycles. The summed E-state index contributed by atoms with van der Waals surface area (Å²) in [6.45, 7) is 4.11. The maximum absolute atomic E-state index is 11.9. The van der Waals surface area contributed by atoms with Crippen LogP contribution < -0.4 is 4.74 Å². The maximum Gasteiger partial charge on any atom is 0.329 e. The first-order valence-electron chi connectivity index (χ1n) is 10.6. The van der Waals surface area contributed by atoms with Crippen LogP contribution in [0.15, 0.2) is 83.5 Å². The van der Waals surface area contributed by atoms with Gasteiger partial charge in [0.2, 0.25) is 5.89 Å². The van der Waals surface area contributed by atoms with Gasteiger partial charge in [0.25, 0.3) is 0 Å². The van der Waals surface area contributed by atoms with Crippen LogP contribution in [-0.4, -0.2) is 27.2 Å². The summed E-state index contributed by atoms with van der Waals surface area (Å²) >= 11 is 0. The minimum Gasteiger partial charge on any atom is -0.493 e. The lowest BCUT2D eigenvalue weighted by atomic mass is 9.92. The van der Waals surface area contributed by atoms with Crippen molar-refractivity contribution >= 4 is 5.97 Å². The van der Waals surface area contributed by atoms with E-state index >= 15 is 0 Å². The third-order valence-corrected chi connectivity index (χ3v) is 5.63. The first-order valence-corrected chi connectivity index (χ1v) is 10.6. The zero-order valence-corrected chi connectivity index (χ0v) is 18.2. The number of aliphatic carboxylic acids is 1. The average Bonchev–Trinajstić information content (AvgIpc) is 3.46. The highest BCUT2D eigenvalue weighted by Gasteiger charge is 2.34. The molecule has 164 valence electrons. The van der Waals surface area contributed by atoms with E-state index in [4.69, 9.17) is 9.15 Å². The summed E-state index contributed by atoms with van der Waals surface area (Å²) in [5.41, 5.74) is 1.71. The Morgan fingerprint density at radius 3 is 2.41 bits per heavy atom. The zero-order chi connectivity index (χ0) is 22.6. The van der Waals surface area contributed by atoms with Crippen molar-refractivity contribution in [1.82, 2.24) is 9.55 Å². The van der Waals surface area contributed by atoms with Gasteiger partial charge in [0.05, 0.1) is 12.3 Å². The zero-order valence-electron chi connectivity index (χ0n) is 18.2. The fourth-order valence-corrected chi connectivity index (χ4v) is 3.67. The minimum atomic E-state index is -1.05. The van der Waals surface area contributed by atoms with Gasteiger partial charge in [-0.25, -0.2) is 9.78 Å². The topological polar surface area (TPSA) is 77.5 Å². The molecular formula is C26H26N2O4. The van der Waals surface area contributed by atoms with E-state index in [1.165, 1.54) is 0 Å². The molecule has 0 aliphatic rings. The number of carboxylic acid groups (broad SMARTS) is 1. The molecule has 0 bridgehead atoms. The highest BCUT2D eigenvalue weighted by atomic mass is 16.5. The number of oxazole rings is 1. The number of aromatic nitrogens is 2. The van der Waals surface area contributed by atoms with E-state index in [9.17, 15) is 9.90 Å². The average molecular weight is 431 g/mol. The van der Waals surface area contributed by atoms with Gasteiger partial charge in [-0.15, -0.1) is 0 Å². The molecule has 1 N–H and O–H groups in total. The molecule has 2 aromatic heterocycles. The molecule has 0 saturated carbocycles. The van der Waals surface area contributed by atoms with Crippen LogP contribution in [0.1, 0.15) is 23.9 Å². The van der Waals surface area contributed by atoms with Gasteiger partial charge in [0.1, 0.15) is 17.0 Å². The van der Waals surface area contributed by atoms with Crippen LogP contribution in [0.5, 0.6) is 5.75 Å². The molecule has 2 aromatic carbocycles. The van der Waals surface area contributed by atoms with Crippen LogP contribution in [0.25, 0.3) is 11.5 Å². The number of rotatable bonds is 9. The Balaban J connectivity index is 1.36. The normalized spacial score (nSPS) is 12.9. The van der Waals surface area contributed by atoms with Crippen molar-refractivity contribution in [3.63, 3.8) is 0 Å². The van der Waals surface area contributed by atoms with Gasteiger partial charge in [-0.1, -0.05) is 30.3 Å². The summed E-state index contributed by atoms with van der Waals surface area (Å²) in [5.74, 6) is 1.27. The van der Waals surface area contributed by atoms with Gasteiger partial charge in [-0.05, 0) is 55.8 Å². The van der Waals surface area contributed by atoms with Crippen LogP contribution in [0.2, 0.25) is 0 Å². The lowest BCUT2D eigenvalue weighted by Crippen LogP contribution is -2.40. The molecule has 0 aliphatic carbocycles. The molecule has 0 spiro atoms. The number of benzene rings is 2. The third kappa shape index (κ3) is 4.59. The smallest absolute Gasteiger partial charge is 0.329 e. The van der Waals surface area contributed by atoms with E-state index in [2.05, 4.69) is 4.98 Å². The lowest BCUT2D eigenvalue weighted by molar-refractivity contribution is -0.146. The van der Waals surface area contributed by atoms with Gasteiger partial charge in [0, 0.05) is 30.8 Å². The van der Waals surface area contributed by atoms with Crippen LogP contribution in [0, 0.1) is 6.92 Å². The Morgan fingerprint density at radius 1 is 1.06 bits per heavy atom. The molecule has 1 atom stereocenters. The van der Waals surface area contributed by atoms with E-state index in [0.717, 1.165) is 28.3 Å². The maximum atomic E-state index is 11.9. The highest BCUT2D eigenvalue weighted by Crippen LogP contribution is 2.25. The van der Waals surface area contributed by atoms with Crippen LogP contribution in [0.4, 0.5) is 0 Å². The van der Waals surface area contributed by atoms with E-state index < -0.39 is 11.5 Å². The number of ether oxygens (including phenoxy) is 1. The molecule has 0 unspecified atom stereocenters. The van der Waals surface area contributed by atoms with Gasteiger partial charge < -0.3 is 18.8 Å². The molecular weight excluding hydrogens is 404 g/mol. The predicted octanol–water partition coefficient (Wildman–Crippen LogP) is 5.12. The summed E-state index contributed by atoms with van der Waals surface area (Å²) in [7, 11) is 0. The predicted molar refractivity (Wildman–Crippen MR) is 122 cm³/mol. The van der Waals surface area contributed by atoms with Gasteiger partial charge >= 0.3 is 5.97 Å². The molecule has 4 rings (SSSR count). The van der Waals surface area contributed by atoms with Crippen molar-refractivity contribution in [2.75, 3.05) is 6.61 Å². The second-order valence-corrected chi connectivity index (χ2v) is 7.98. The molecule has 0 radical (unpaired) electrons. The van der Waals surface area contributed by atoms with Crippen LogP contribution >= 0.6 is 0 Å². The van der Waals surface area contributed by atoms with Gasteiger partial charge in [0.15, 0.2) is 0 Å². The van der Waals surface area contributed by atoms with Gasteiger partial charge in [-0.3, -0.25) is 0 Å². The minimum absolute atomic E-state index is 0.373. The van der Waals surface area contributed by atoms with Crippen molar-refractivity contribution in [3.05, 3.63) is 96.1 Å². The highest BCUT2D eigenvalue weighted by molar-refractivity contribution is 5.76. The number of carboxylic acids is 1. The molecule has 0 saturated heterocycles. The Kier molecular flexibility index (Phi) is 6.12. The largest absolute Gasteiger partial charge is 0.493 e. The summed E-state index contributed by atoms with van der Waals surface area (Å²) in [6, 6.07) is 21.0. The van der Waals surface area contributed by atoms with Crippen molar-refractivity contribution in [3.8, 4) is 17.2 Å². The summed E-state index contributed by atoms with van der Waals surface area (Å²) in [5, 5.41) is 9.78. The third-order valence-electron chi connectivity index (χ3n) is 5.63. The Bertz CT molecular complexity index is 1160. The van der Waals surface area contributed by atoms with Gasteiger partial charge in [-0.2, -0.15) is 0 Å². The van der Waals surface area contributed by atoms with E-state index in [-0.39, 0.29) is 0 Å². The van der Waals surface area contributed by atoms with E-state index in [1.807, 2.05) is 73.7 Å². The number of hydrogen-bond donors (Lipinski definition) is 1. The van der Waals surface area contributed by atoms with Crippen molar-refractivity contribution in [2.24, 2.45) is 0 Å². The molecule has 0 fully saturated rings. The fraction of sp³-hybridized carbons (Fsp3) is 0.231. The number of aryl methyl sites for hydroxylation is 1. The Hall–Kier alpha value is -3.80. The second-order valence-electron chi connectivity index (χ2n) is 7.98. The van der Waals surface area contributed by atoms with Crippen molar-refractivity contribution in [2.45, 2.75) is 32.2 Å². The van der Waals surface area contributed by atoms with Crippen molar-refractivity contribution < 1.29 is 19.1 Å². The second kappa shape index (κ2) is 9.14. The molecule has 6 nitrogen and oxygen atoms in total. The first-order chi connectivity index (χ1) is 15.5. The summed E-state index contributed by atoms with van der Waals surface area (Å²) in [6.07, 6.45) is 4.56. The standard InChI is InChI=1S/C26H26N2O4/c1-19-23(27-24(32-19)21-8-4-3-5-9-21)14-17-31-22-12-10-20(11-13-22)18-26(2,25(29)30)28-15-6-7-16-28/h3-13,15-16H,14,17-18H2,1-2H3,(H,29,30)/t26-/m0/s1. The Labute approximate surface area is 187 Å². The van der Waals surface area contributed by atoms with E-state index in [1.54, 1.807) is 23.9 Å². The van der Waals surface area contributed by atoms with Crippen molar-refractivity contribution in [1.29, 1.82) is 0 Å². The summed E-state index contributed by atoms with van der Waals surface area (Å²) in [4.78, 5) is 16.5. The molecule has 32 heavy (non-hydrogen) atoms. The first kappa shape index (κ1) is 21.4. The molecule has 0 amide bonds. The quantitative estimate of drug-likeness (QED) is 0.399. The van der Waals surface area contributed by atoms with E-state index in [0.29, 0.717) is 25.3 Å². The monoisotopic (exact) mass is 430 g/mol. The molecule has 2 heterocycles. The lowest BCUT2D eigenvalue weighted by Gasteiger charge is -2.27. The van der Waals surface area contributed by atoms with Crippen LogP contribution in [0.3, 0.4) is 0 Å².